The molecular formula is C16H11BrClNS2. The molecule has 106 valence electrons. The van der Waals surface area contributed by atoms with Crippen LogP contribution in [0.1, 0.15) is 5.01 Å². The molecule has 0 spiro atoms. The van der Waals surface area contributed by atoms with Gasteiger partial charge in [0.1, 0.15) is 5.01 Å². The molecule has 0 aliphatic heterocycles. The Morgan fingerprint density at radius 2 is 1.95 bits per heavy atom. The Labute approximate surface area is 145 Å². The maximum Gasteiger partial charge on any atom is 0.104 e. The first-order chi connectivity index (χ1) is 10.2. The molecule has 0 unspecified atom stereocenters. The van der Waals surface area contributed by atoms with Gasteiger partial charge in [-0.2, -0.15) is 0 Å². The summed E-state index contributed by atoms with van der Waals surface area (Å²) in [7, 11) is 0. The van der Waals surface area contributed by atoms with Crippen LogP contribution < -0.4 is 0 Å². The molecule has 0 fully saturated rings. The quantitative estimate of drug-likeness (QED) is 0.466. The maximum absolute atomic E-state index is 5.89. The predicted octanol–water partition coefficient (Wildman–Crippen LogP) is 6.52. The molecule has 0 saturated carbocycles. The van der Waals surface area contributed by atoms with E-state index in [1.165, 1.54) is 4.90 Å². The first-order valence-corrected chi connectivity index (χ1v) is 9.33. The lowest BCUT2D eigenvalue weighted by Crippen LogP contribution is -1.81. The number of rotatable bonds is 4. The van der Waals surface area contributed by atoms with Crippen LogP contribution in [-0.4, -0.2) is 4.98 Å². The number of aromatic nitrogens is 1. The third-order valence-corrected chi connectivity index (χ3v) is 5.65. The third-order valence-electron chi connectivity index (χ3n) is 2.85. The van der Waals surface area contributed by atoms with E-state index in [0.717, 1.165) is 31.5 Å². The fourth-order valence-corrected chi connectivity index (χ4v) is 4.08. The molecule has 5 heteroatoms. The highest BCUT2D eigenvalue weighted by Crippen LogP contribution is 2.29. The van der Waals surface area contributed by atoms with Crippen molar-refractivity contribution in [1.29, 1.82) is 0 Å². The van der Waals surface area contributed by atoms with E-state index >= 15 is 0 Å². The Bertz CT molecular complexity index is 740. The smallest absolute Gasteiger partial charge is 0.104 e. The van der Waals surface area contributed by atoms with Gasteiger partial charge in [0, 0.05) is 25.3 Å². The largest absolute Gasteiger partial charge is 0.240 e. The molecule has 0 atom stereocenters. The van der Waals surface area contributed by atoms with Crippen LogP contribution in [0.15, 0.2) is 63.3 Å². The van der Waals surface area contributed by atoms with Crippen molar-refractivity contribution in [2.75, 3.05) is 0 Å². The Balaban J connectivity index is 1.69. The van der Waals surface area contributed by atoms with E-state index in [-0.39, 0.29) is 0 Å². The van der Waals surface area contributed by atoms with Crippen molar-refractivity contribution in [2.45, 2.75) is 10.6 Å². The second-order valence-corrected chi connectivity index (χ2v) is 7.72. The highest BCUT2D eigenvalue weighted by atomic mass is 79.9. The molecule has 0 aliphatic carbocycles. The molecule has 0 amide bonds. The molecule has 0 N–H and O–H groups in total. The summed E-state index contributed by atoms with van der Waals surface area (Å²) in [5.41, 5.74) is 2.18. The lowest BCUT2D eigenvalue weighted by atomic mass is 10.2. The number of halogens is 2. The predicted molar refractivity (Wildman–Crippen MR) is 96.3 cm³/mol. The summed E-state index contributed by atoms with van der Waals surface area (Å²) in [4.78, 5) is 5.91. The van der Waals surface area contributed by atoms with Crippen LogP contribution in [0, 0.1) is 0 Å². The highest BCUT2D eigenvalue weighted by Gasteiger charge is 2.05. The molecule has 0 aliphatic rings. The Morgan fingerprint density at radius 1 is 1.14 bits per heavy atom. The molecule has 2 aromatic carbocycles. The zero-order valence-electron chi connectivity index (χ0n) is 10.9. The first kappa shape index (κ1) is 15.1. The standard InChI is InChI=1S/C16H11BrClNS2/c17-12-3-1-2-11(8-12)15-9-21-16(19-15)10-20-14-6-4-13(18)5-7-14/h1-9H,10H2. The van der Waals surface area contributed by atoms with Gasteiger partial charge in [0.05, 0.1) is 11.4 Å². The normalized spacial score (nSPS) is 10.8. The van der Waals surface area contributed by atoms with Gasteiger partial charge in [-0.1, -0.05) is 39.7 Å². The molecule has 1 aromatic heterocycles. The maximum atomic E-state index is 5.89. The molecule has 3 aromatic rings. The minimum atomic E-state index is 0.769. The summed E-state index contributed by atoms with van der Waals surface area (Å²) in [6, 6.07) is 16.1. The van der Waals surface area contributed by atoms with Crippen LogP contribution in [0.25, 0.3) is 11.3 Å². The van der Waals surface area contributed by atoms with E-state index in [1.54, 1.807) is 23.1 Å². The molecule has 21 heavy (non-hydrogen) atoms. The second kappa shape index (κ2) is 6.97. The first-order valence-electron chi connectivity index (χ1n) is 6.29. The van der Waals surface area contributed by atoms with Crippen molar-refractivity contribution in [3.05, 3.63) is 68.4 Å². The van der Waals surface area contributed by atoms with Gasteiger partial charge < -0.3 is 0 Å². The average Bonchev–Trinajstić information content (AvgIpc) is 2.96. The SMILES string of the molecule is Clc1ccc(SCc2nc(-c3cccc(Br)c3)cs2)cc1. The number of hydrogen-bond donors (Lipinski definition) is 0. The number of thiazole rings is 1. The van der Waals surface area contributed by atoms with Crippen molar-refractivity contribution in [3.8, 4) is 11.3 Å². The van der Waals surface area contributed by atoms with E-state index in [9.17, 15) is 0 Å². The zero-order chi connectivity index (χ0) is 14.7. The van der Waals surface area contributed by atoms with Crippen molar-refractivity contribution < 1.29 is 0 Å². The molecule has 0 radical (unpaired) electrons. The average molecular weight is 397 g/mol. The van der Waals surface area contributed by atoms with Crippen molar-refractivity contribution in [3.63, 3.8) is 0 Å². The summed E-state index contributed by atoms with van der Waals surface area (Å²) in [5.74, 6) is 0.875. The van der Waals surface area contributed by atoms with Gasteiger partial charge in [0.25, 0.3) is 0 Å². The van der Waals surface area contributed by atoms with Gasteiger partial charge >= 0.3 is 0 Å². The molecule has 3 rings (SSSR count). The Kier molecular flexibility index (Phi) is 5.01. The number of nitrogens with zero attached hydrogens (tertiary/aromatic N) is 1. The van der Waals surface area contributed by atoms with Crippen molar-refractivity contribution >= 4 is 50.6 Å². The number of hydrogen-bond acceptors (Lipinski definition) is 3. The summed E-state index contributed by atoms with van der Waals surface area (Å²) < 4.78 is 1.07. The van der Waals surface area contributed by atoms with Crippen LogP contribution in [-0.2, 0) is 5.75 Å². The zero-order valence-corrected chi connectivity index (χ0v) is 14.9. The van der Waals surface area contributed by atoms with Crippen molar-refractivity contribution in [1.82, 2.24) is 4.98 Å². The fourth-order valence-electron chi connectivity index (χ4n) is 1.83. The van der Waals surface area contributed by atoms with Crippen LogP contribution in [0.2, 0.25) is 5.02 Å². The van der Waals surface area contributed by atoms with E-state index in [1.807, 2.05) is 36.4 Å². The Morgan fingerprint density at radius 3 is 2.71 bits per heavy atom. The molecule has 0 saturated heterocycles. The van der Waals surface area contributed by atoms with Gasteiger partial charge in [-0.15, -0.1) is 23.1 Å². The van der Waals surface area contributed by atoms with Gasteiger partial charge in [-0.05, 0) is 36.4 Å². The van der Waals surface area contributed by atoms with E-state index in [2.05, 4.69) is 33.4 Å². The summed E-state index contributed by atoms with van der Waals surface area (Å²) in [5, 5.41) is 4.01. The fraction of sp³-hybridized carbons (Fsp3) is 0.0625. The molecule has 1 nitrogen and oxygen atoms in total. The summed E-state index contributed by atoms with van der Waals surface area (Å²) >= 11 is 12.9. The summed E-state index contributed by atoms with van der Waals surface area (Å²) in [6.07, 6.45) is 0. The van der Waals surface area contributed by atoms with Gasteiger partial charge in [-0.3, -0.25) is 0 Å². The minimum absolute atomic E-state index is 0.769. The van der Waals surface area contributed by atoms with Crippen LogP contribution >= 0.6 is 50.6 Å². The van der Waals surface area contributed by atoms with E-state index in [4.69, 9.17) is 16.6 Å². The van der Waals surface area contributed by atoms with Gasteiger partial charge in [0.2, 0.25) is 0 Å². The topological polar surface area (TPSA) is 12.9 Å². The molecule has 0 bridgehead atoms. The van der Waals surface area contributed by atoms with Crippen molar-refractivity contribution in [2.24, 2.45) is 0 Å². The lowest BCUT2D eigenvalue weighted by Gasteiger charge is -1.99. The molecule has 1 heterocycles. The lowest BCUT2D eigenvalue weighted by molar-refractivity contribution is 1.26. The van der Waals surface area contributed by atoms with E-state index < -0.39 is 0 Å². The van der Waals surface area contributed by atoms with E-state index in [0.29, 0.717) is 0 Å². The Hall–Kier alpha value is -0.810. The van der Waals surface area contributed by atoms with Gasteiger partial charge in [-0.25, -0.2) is 4.98 Å². The highest BCUT2D eigenvalue weighted by molar-refractivity contribution is 9.10. The van der Waals surface area contributed by atoms with Crippen LogP contribution in [0.4, 0.5) is 0 Å². The summed E-state index contributed by atoms with van der Waals surface area (Å²) in [6.45, 7) is 0. The number of benzene rings is 2. The second-order valence-electron chi connectivity index (χ2n) is 4.38. The van der Waals surface area contributed by atoms with Crippen LogP contribution in [0.3, 0.4) is 0 Å². The molecular weight excluding hydrogens is 386 g/mol. The van der Waals surface area contributed by atoms with Crippen LogP contribution in [0.5, 0.6) is 0 Å². The minimum Gasteiger partial charge on any atom is -0.240 e. The monoisotopic (exact) mass is 395 g/mol. The number of thioether (sulfide) groups is 1. The van der Waals surface area contributed by atoms with Gasteiger partial charge in [0.15, 0.2) is 0 Å². The third kappa shape index (κ3) is 4.10.